The molecule has 0 aromatic heterocycles. The molecule has 8 nitrogen and oxygen atoms in total. The molecule has 141 valence electrons. The molecular formula is C18H20BN2O6. The van der Waals surface area contributed by atoms with E-state index in [-0.39, 0.29) is 24.3 Å². The molecule has 0 aliphatic carbocycles. The molecule has 1 atom stereocenters. The Balaban J connectivity index is 2.19. The van der Waals surface area contributed by atoms with E-state index in [1.807, 2.05) is 0 Å². The first-order valence-electron chi connectivity index (χ1n) is 8.29. The number of amides is 2. The van der Waals surface area contributed by atoms with Crippen molar-refractivity contribution in [2.24, 2.45) is 0 Å². The second-order valence-corrected chi connectivity index (χ2v) is 6.04. The fourth-order valence-electron chi connectivity index (χ4n) is 2.83. The van der Waals surface area contributed by atoms with Crippen LogP contribution in [0.1, 0.15) is 18.9 Å². The summed E-state index contributed by atoms with van der Waals surface area (Å²) in [4.78, 5) is 48.0. The average Bonchev–Trinajstić information content (AvgIpc) is 2.65. The van der Waals surface area contributed by atoms with Gasteiger partial charge in [-0.15, -0.1) is 0 Å². The molecule has 0 saturated carbocycles. The van der Waals surface area contributed by atoms with Crippen LogP contribution in [-0.2, 0) is 30.3 Å². The second kappa shape index (κ2) is 9.25. The molecule has 0 bridgehead atoms. The Morgan fingerprint density at radius 1 is 1.37 bits per heavy atom. The molecule has 0 unspecified atom stereocenters. The van der Waals surface area contributed by atoms with Crippen molar-refractivity contribution in [3.05, 3.63) is 41.0 Å². The van der Waals surface area contributed by atoms with E-state index in [0.717, 1.165) is 17.9 Å². The summed E-state index contributed by atoms with van der Waals surface area (Å²) in [6, 6.07) is 5.81. The molecule has 1 aromatic carbocycles. The van der Waals surface area contributed by atoms with Gasteiger partial charge in [0.2, 0.25) is 5.91 Å². The minimum atomic E-state index is -0.740. The summed E-state index contributed by atoms with van der Waals surface area (Å²) in [6.07, 6.45) is 0.847. The summed E-state index contributed by atoms with van der Waals surface area (Å²) < 4.78 is 4.70. The van der Waals surface area contributed by atoms with Crippen LogP contribution >= 0.6 is 0 Å². The first-order chi connectivity index (χ1) is 12.9. The maximum atomic E-state index is 12.5. The topological polar surface area (TPSA) is 113 Å². The van der Waals surface area contributed by atoms with Crippen LogP contribution in [0, 0.1) is 0 Å². The van der Waals surface area contributed by atoms with Gasteiger partial charge in [-0.3, -0.25) is 14.4 Å². The molecule has 1 aliphatic heterocycles. The minimum absolute atomic E-state index is 0.0687. The molecule has 2 rings (SSSR count). The Morgan fingerprint density at radius 2 is 2.04 bits per heavy atom. The molecule has 2 N–H and O–H groups in total. The highest BCUT2D eigenvalue weighted by atomic mass is 16.5. The third kappa shape index (κ3) is 4.69. The number of hydrogen-bond donors (Lipinski definition) is 2. The molecule has 0 fully saturated rings. The minimum Gasteiger partial charge on any atom is -0.468 e. The molecule has 0 spiro atoms. The largest absolute Gasteiger partial charge is 0.468 e. The molecular weight excluding hydrogens is 351 g/mol. The molecule has 0 saturated heterocycles. The van der Waals surface area contributed by atoms with Gasteiger partial charge in [0, 0.05) is 12.0 Å². The van der Waals surface area contributed by atoms with Gasteiger partial charge >= 0.3 is 5.97 Å². The lowest BCUT2D eigenvalue weighted by atomic mass is 9.94. The highest BCUT2D eigenvalue weighted by Crippen LogP contribution is 2.26. The lowest BCUT2D eigenvalue weighted by Gasteiger charge is -2.27. The Morgan fingerprint density at radius 3 is 2.59 bits per heavy atom. The Hall–Kier alpha value is -2.78. The quantitative estimate of drug-likeness (QED) is 0.280. The van der Waals surface area contributed by atoms with Crippen LogP contribution in [0.2, 0.25) is 0 Å². The summed E-state index contributed by atoms with van der Waals surface area (Å²) in [5.74, 6) is -1.42. The maximum Gasteiger partial charge on any atom is 0.322 e. The molecule has 1 heterocycles. The van der Waals surface area contributed by atoms with Crippen LogP contribution in [0.3, 0.4) is 0 Å². The van der Waals surface area contributed by atoms with Gasteiger partial charge < -0.3 is 19.9 Å². The van der Waals surface area contributed by atoms with Crippen LogP contribution in [0.5, 0.6) is 0 Å². The van der Waals surface area contributed by atoms with Crippen molar-refractivity contribution in [3.63, 3.8) is 0 Å². The van der Waals surface area contributed by atoms with Gasteiger partial charge in [-0.05, 0) is 31.0 Å². The highest BCUT2D eigenvalue weighted by Gasteiger charge is 2.32. The number of ether oxygens (including phenoxy) is 1. The zero-order chi connectivity index (χ0) is 20.0. The van der Waals surface area contributed by atoms with Crippen LogP contribution in [0.4, 0.5) is 5.69 Å². The predicted octanol–water partition coefficient (Wildman–Crippen LogP) is -0.258. The molecule has 2 amide bonds. The number of aliphatic hydroxyl groups excluding tert-OH is 1. The summed E-state index contributed by atoms with van der Waals surface area (Å²) >= 11 is 0. The van der Waals surface area contributed by atoms with Gasteiger partial charge in [-0.2, -0.15) is 0 Å². The van der Waals surface area contributed by atoms with Gasteiger partial charge in [-0.1, -0.05) is 17.7 Å². The summed E-state index contributed by atoms with van der Waals surface area (Å²) in [7, 11) is 2.37. The van der Waals surface area contributed by atoms with Crippen LogP contribution in [0.25, 0.3) is 0 Å². The van der Waals surface area contributed by atoms with E-state index in [0.29, 0.717) is 17.4 Å². The molecule has 1 radical (unpaired) electrons. The zero-order valence-corrected chi connectivity index (χ0v) is 15.1. The standard InChI is InChI=1S/C18H20BN2O6/c1-11-7-16(24)21(17(25)14(11)9-22)13-5-3-12(4-6-13)8-15(18(26)27-2)20-19-10-23/h3-6,10,15,20,22H,7-9H2,1-2H3/t15-/m0/s1. The van der Waals surface area contributed by atoms with Crippen molar-refractivity contribution in [2.75, 3.05) is 18.6 Å². The lowest BCUT2D eigenvalue weighted by Crippen LogP contribution is -2.42. The molecule has 1 aliphatic rings. The molecule has 27 heavy (non-hydrogen) atoms. The van der Waals surface area contributed by atoms with Gasteiger partial charge in [-0.25, -0.2) is 4.90 Å². The zero-order valence-electron chi connectivity index (χ0n) is 15.1. The SMILES string of the molecule is COC(=O)[C@H](Cc1ccc(N2C(=O)CC(C)=C(CO)C2=O)cc1)N[B]C=O. The van der Waals surface area contributed by atoms with Crippen molar-refractivity contribution < 1.29 is 29.0 Å². The smallest absolute Gasteiger partial charge is 0.322 e. The van der Waals surface area contributed by atoms with Crippen LogP contribution in [-0.4, -0.2) is 56.2 Å². The van der Waals surface area contributed by atoms with E-state index in [9.17, 15) is 24.3 Å². The molecule has 9 heteroatoms. The molecule has 1 aromatic rings. The van der Waals surface area contributed by atoms with Gasteiger partial charge in [0.1, 0.15) is 6.04 Å². The van der Waals surface area contributed by atoms with Crippen LogP contribution in [0.15, 0.2) is 35.4 Å². The van der Waals surface area contributed by atoms with Crippen LogP contribution < -0.4 is 10.1 Å². The monoisotopic (exact) mass is 371 g/mol. The van der Waals surface area contributed by atoms with E-state index in [2.05, 4.69) is 5.23 Å². The summed E-state index contributed by atoms with van der Waals surface area (Å²) in [5.41, 5.74) is 1.91. The number of carbonyl (C=O) groups excluding carboxylic acids is 4. The number of nitrogens with zero attached hydrogens (tertiary/aromatic N) is 1. The van der Waals surface area contributed by atoms with E-state index in [1.54, 1.807) is 31.2 Å². The maximum absolute atomic E-state index is 12.5. The number of anilines is 1. The number of imide groups is 1. The second-order valence-electron chi connectivity index (χ2n) is 6.04. The Labute approximate surface area is 157 Å². The Kier molecular flexibility index (Phi) is 7.03. The van der Waals surface area contributed by atoms with Crippen molar-refractivity contribution >= 4 is 37.1 Å². The van der Waals surface area contributed by atoms with Gasteiger partial charge in [0.25, 0.3) is 13.3 Å². The van der Waals surface area contributed by atoms with Crippen molar-refractivity contribution in [1.82, 2.24) is 5.23 Å². The number of aliphatic hydroxyl groups is 1. The lowest BCUT2D eigenvalue weighted by molar-refractivity contribution is -0.142. The summed E-state index contributed by atoms with van der Waals surface area (Å²) in [5, 5.41) is 12.0. The number of rotatable bonds is 8. The number of methoxy groups -OCH3 is 1. The normalized spacial score (nSPS) is 15.6. The predicted molar refractivity (Wildman–Crippen MR) is 98.5 cm³/mol. The number of esters is 1. The van der Waals surface area contributed by atoms with Crippen molar-refractivity contribution in [1.29, 1.82) is 0 Å². The first kappa shape index (κ1) is 20.5. The van der Waals surface area contributed by atoms with E-state index < -0.39 is 24.5 Å². The fraction of sp³-hybridized carbons (Fsp3) is 0.333. The first-order valence-corrected chi connectivity index (χ1v) is 8.29. The van der Waals surface area contributed by atoms with E-state index in [1.165, 1.54) is 7.11 Å². The summed E-state index contributed by atoms with van der Waals surface area (Å²) in [6.45, 7) is 1.23. The third-order valence-electron chi connectivity index (χ3n) is 4.29. The third-order valence-corrected chi connectivity index (χ3v) is 4.29. The van der Waals surface area contributed by atoms with Crippen molar-refractivity contribution in [3.8, 4) is 0 Å². The van der Waals surface area contributed by atoms with E-state index in [4.69, 9.17) is 4.74 Å². The highest BCUT2D eigenvalue weighted by molar-refractivity contribution is 6.64. The number of nitrogens with one attached hydrogen (secondary N) is 1. The number of benzene rings is 1. The van der Waals surface area contributed by atoms with Crippen molar-refractivity contribution in [2.45, 2.75) is 25.8 Å². The van der Waals surface area contributed by atoms with E-state index >= 15 is 0 Å². The fourth-order valence-corrected chi connectivity index (χ4v) is 2.83. The van der Waals surface area contributed by atoms with Gasteiger partial charge in [0.15, 0.2) is 0 Å². The average molecular weight is 371 g/mol. The Bertz CT molecular complexity index is 775. The number of carbonyl (C=O) groups is 4. The van der Waals surface area contributed by atoms with Gasteiger partial charge in [0.05, 0.1) is 25.6 Å². The number of hydrogen-bond acceptors (Lipinski definition) is 7.